The number of hydrogen-bond acceptors (Lipinski definition) is 3. The Hall–Kier alpha value is -1.59. The van der Waals surface area contributed by atoms with E-state index in [2.05, 4.69) is 10.6 Å². The zero-order chi connectivity index (χ0) is 13.0. The summed E-state index contributed by atoms with van der Waals surface area (Å²) in [5, 5.41) is 5.23. The summed E-state index contributed by atoms with van der Waals surface area (Å²) >= 11 is 0. The predicted molar refractivity (Wildman–Crippen MR) is 74.1 cm³/mol. The van der Waals surface area contributed by atoms with E-state index in [1.165, 1.54) is 0 Å². The normalized spacial score (nSPS) is 11.1. The number of nitrogens with two attached hydrogens (primary N) is 1. The van der Waals surface area contributed by atoms with E-state index in [0.717, 1.165) is 5.56 Å². The number of nitrogens with one attached hydrogen (secondary N) is 2. The number of amides is 2. The third-order valence-electron chi connectivity index (χ3n) is 2.48. The fourth-order valence-electron chi connectivity index (χ4n) is 1.40. The van der Waals surface area contributed by atoms with Crippen LogP contribution in [-0.2, 0) is 4.79 Å². The Morgan fingerprint density at radius 2 is 1.94 bits per heavy atom. The van der Waals surface area contributed by atoms with Crippen LogP contribution in [0.25, 0.3) is 0 Å². The summed E-state index contributed by atoms with van der Waals surface area (Å²) < 4.78 is 0. The highest BCUT2D eigenvalue weighted by molar-refractivity contribution is 6.00. The summed E-state index contributed by atoms with van der Waals surface area (Å²) in [7, 11) is 1.56. The monoisotopic (exact) mass is 271 g/mol. The van der Waals surface area contributed by atoms with Gasteiger partial charge in [-0.3, -0.25) is 9.59 Å². The Morgan fingerprint density at radius 1 is 1.33 bits per heavy atom. The van der Waals surface area contributed by atoms with Gasteiger partial charge < -0.3 is 16.4 Å². The Balaban J connectivity index is 0.00000289. The summed E-state index contributed by atoms with van der Waals surface area (Å²) in [6.07, 6.45) is 0. The standard InChI is InChI=1S/C12H17N3O2.ClH/c1-7-9(12(17)14-3)5-4-6-10(7)15-11(16)8(2)13;/h4-6,8H,13H2,1-3H3,(H,14,17)(H,15,16);1H/t8-;/m0./s1. The molecule has 0 radical (unpaired) electrons. The molecule has 1 atom stereocenters. The van der Waals surface area contributed by atoms with Gasteiger partial charge in [-0.1, -0.05) is 6.07 Å². The maximum Gasteiger partial charge on any atom is 0.251 e. The van der Waals surface area contributed by atoms with Gasteiger partial charge >= 0.3 is 0 Å². The molecule has 0 bridgehead atoms. The number of benzene rings is 1. The molecule has 100 valence electrons. The number of anilines is 1. The lowest BCUT2D eigenvalue weighted by Gasteiger charge is -2.12. The van der Waals surface area contributed by atoms with E-state index in [9.17, 15) is 9.59 Å². The van der Waals surface area contributed by atoms with Crippen molar-refractivity contribution in [3.05, 3.63) is 29.3 Å². The SMILES string of the molecule is CNC(=O)c1cccc(NC(=O)[C@H](C)N)c1C.Cl. The first-order chi connectivity index (χ1) is 7.97. The molecule has 0 spiro atoms. The first-order valence-electron chi connectivity index (χ1n) is 5.35. The van der Waals surface area contributed by atoms with Gasteiger partial charge in [0.2, 0.25) is 5.91 Å². The molecule has 0 unspecified atom stereocenters. The van der Waals surface area contributed by atoms with Gasteiger partial charge in [-0.15, -0.1) is 12.4 Å². The molecule has 0 heterocycles. The minimum Gasteiger partial charge on any atom is -0.355 e. The second kappa shape index (κ2) is 6.98. The molecular weight excluding hydrogens is 254 g/mol. The van der Waals surface area contributed by atoms with Crippen molar-refractivity contribution in [3.63, 3.8) is 0 Å². The first-order valence-corrected chi connectivity index (χ1v) is 5.35. The van der Waals surface area contributed by atoms with E-state index in [1.807, 2.05) is 0 Å². The fraction of sp³-hybridized carbons (Fsp3) is 0.333. The van der Waals surface area contributed by atoms with E-state index in [-0.39, 0.29) is 24.2 Å². The highest BCUT2D eigenvalue weighted by Gasteiger charge is 2.13. The number of rotatable bonds is 3. The molecule has 6 heteroatoms. The topological polar surface area (TPSA) is 84.2 Å². The number of carbonyl (C=O) groups is 2. The molecule has 0 aliphatic heterocycles. The largest absolute Gasteiger partial charge is 0.355 e. The van der Waals surface area contributed by atoms with E-state index >= 15 is 0 Å². The van der Waals surface area contributed by atoms with Crippen molar-refractivity contribution in [1.29, 1.82) is 0 Å². The molecule has 1 rings (SSSR count). The lowest BCUT2D eigenvalue weighted by Crippen LogP contribution is -2.32. The van der Waals surface area contributed by atoms with Gasteiger partial charge in [0.05, 0.1) is 6.04 Å². The van der Waals surface area contributed by atoms with Crippen LogP contribution in [0.3, 0.4) is 0 Å². The molecule has 0 saturated heterocycles. The van der Waals surface area contributed by atoms with Crippen molar-refractivity contribution in [3.8, 4) is 0 Å². The smallest absolute Gasteiger partial charge is 0.251 e. The molecule has 0 fully saturated rings. The highest BCUT2D eigenvalue weighted by atomic mass is 35.5. The lowest BCUT2D eigenvalue weighted by molar-refractivity contribution is -0.117. The predicted octanol–water partition coefficient (Wildman–Crippen LogP) is 1.06. The Bertz CT molecular complexity index is 447. The third kappa shape index (κ3) is 3.72. The Morgan fingerprint density at radius 3 is 2.44 bits per heavy atom. The maximum absolute atomic E-state index is 11.6. The number of hydrogen-bond donors (Lipinski definition) is 3. The van der Waals surface area contributed by atoms with Crippen molar-refractivity contribution in [2.45, 2.75) is 19.9 Å². The van der Waals surface area contributed by atoms with Crippen LogP contribution in [0.1, 0.15) is 22.8 Å². The third-order valence-corrected chi connectivity index (χ3v) is 2.48. The van der Waals surface area contributed by atoms with Crippen LogP contribution in [0.2, 0.25) is 0 Å². The van der Waals surface area contributed by atoms with Crippen molar-refractivity contribution in [2.75, 3.05) is 12.4 Å². The van der Waals surface area contributed by atoms with Crippen molar-refractivity contribution in [1.82, 2.24) is 5.32 Å². The molecule has 4 N–H and O–H groups in total. The van der Waals surface area contributed by atoms with Crippen LogP contribution in [0.5, 0.6) is 0 Å². The van der Waals surface area contributed by atoms with Gasteiger partial charge in [0, 0.05) is 18.3 Å². The minimum atomic E-state index is -0.585. The summed E-state index contributed by atoms with van der Waals surface area (Å²) in [5.41, 5.74) is 7.33. The van der Waals surface area contributed by atoms with E-state index in [1.54, 1.807) is 39.1 Å². The summed E-state index contributed by atoms with van der Waals surface area (Å²) in [5.74, 6) is -0.457. The van der Waals surface area contributed by atoms with Crippen LogP contribution in [0.4, 0.5) is 5.69 Å². The highest BCUT2D eigenvalue weighted by Crippen LogP contribution is 2.18. The average Bonchev–Trinajstić information content (AvgIpc) is 2.30. The molecule has 18 heavy (non-hydrogen) atoms. The molecule has 0 aliphatic carbocycles. The molecule has 1 aromatic carbocycles. The van der Waals surface area contributed by atoms with E-state index in [0.29, 0.717) is 11.3 Å². The average molecular weight is 272 g/mol. The van der Waals surface area contributed by atoms with Crippen LogP contribution in [0, 0.1) is 6.92 Å². The van der Waals surface area contributed by atoms with Crippen molar-refractivity contribution < 1.29 is 9.59 Å². The fourth-order valence-corrected chi connectivity index (χ4v) is 1.40. The summed E-state index contributed by atoms with van der Waals surface area (Å²) in [6.45, 7) is 3.38. The molecule has 2 amide bonds. The molecule has 0 aromatic heterocycles. The number of halogens is 1. The number of carbonyl (C=O) groups excluding carboxylic acids is 2. The van der Waals surface area contributed by atoms with Crippen molar-refractivity contribution in [2.24, 2.45) is 5.73 Å². The Kier molecular flexibility index (Phi) is 6.36. The molecule has 0 saturated carbocycles. The van der Waals surface area contributed by atoms with Crippen LogP contribution >= 0.6 is 12.4 Å². The molecule has 5 nitrogen and oxygen atoms in total. The zero-order valence-corrected chi connectivity index (χ0v) is 11.4. The second-order valence-corrected chi connectivity index (χ2v) is 3.84. The van der Waals surface area contributed by atoms with Crippen molar-refractivity contribution >= 4 is 29.9 Å². The maximum atomic E-state index is 11.6. The van der Waals surface area contributed by atoms with Crippen LogP contribution in [-0.4, -0.2) is 24.9 Å². The van der Waals surface area contributed by atoms with Gasteiger partial charge in [-0.05, 0) is 31.5 Å². The molecular formula is C12H18ClN3O2. The minimum absolute atomic E-state index is 0. The van der Waals surface area contributed by atoms with E-state index < -0.39 is 6.04 Å². The van der Waals surface area contributed by atoms with Gasteiger partial charge in [0.25, 0.3) is 5.91 Å². The van der Waals surface area contributed by atoms with Gasteiger partial charge in [-0.25, -0.2) is 0 Å². The van der Waals surface area contributed by atoms with E-state index in [4.69, 9.17) is 5.73 Å². The molecule has 1 aromatic rings. The van der Waals surface area contributed by atoms with Gasteiger partial charge in [0.1, 0.15) is 0 Å². The van der Waals surface area contributed by atoms with Gasteiger partial charge in [0.15, 0.2) is 0 Å². The Labute approximate surface area is 113 Å². The molecule has 0 aliphatic rings. The lowest BCUT2D eigenvalue weighted by atomic mass is 10.1. The zero-order valence-electron chi connectivity index (χ0n) is 10.6. The van der Waals surface area contributed by atoms with Gasteiger partial charge in [-0.2, -0.15) is 0 Å². The first kappa shape index (κ1) is 16.4. The quantitative estimate of drug-likeness (QED) is 0.769. The summed E-state index contributed by atoms with van der Waals surface area (Å²) in [6, 6.07) is 4.57. The van der Waals surface area contributed by atoms with Crippen LogP contribution < -0.4 is 16.4 Å². The second-order valence-electron chi connectivity index (χ2n) is 3.84. The summed E-state index contributed by atoms with van der Waals surface area (Å²) in [4.78, 5) is 23.0. The van der Waals surface area contributed by atoms with Crippen LogP contribution in [0.15, 0.2) is 18.2 Å².